The highest BCUT2D eigenvalue weighted by Crippen LogP contribution is 2.25. The number of carbonyl (C=O) groups is 4. The first-order valence-corrected chi connectivity index (χ1v) is 6.81. The van der Waals surface area contributed by atoms with E-state index in [0.29, 0.717) is 5.56 Å². The Balaban J connectivity index is 3.47. The summed E-state index contributed by atoms with van der Waals surface area (Å²) in [4.78, 5) is 46.9. The Morgan fingerprint density at radius 3 is 1.76 bits per heavy atom. The monoisotopic (exact) mass is 288 g/mol. The third-order valence-corrected chi connectivity index (χ3v) is 3.56. The third-order valence-electron chi connectivity index (χ3n) is 3.56. The van der Waals surface area contributed by atoms with Crippen molar-refractivity contribution in [1.82, 2.24) is 0 Å². The predicted molar refractivity (Wildman–Crippen MR) is 79.9 cm³/mol. The second kappa shape index (κ2) is 6.57. The molecule has 0 aliphatic carbocycles. The number of hydrogen-bond donors (Lipinski definition) is 0. The highest BCUT2D eigenvalue weighted by Gasteiger charge is 2.23. The van der Waals surface area contributed by atoms with Gasteiger partial charge in [0.1, 0.15) is 11.6 Å². The zero-order chi connectivity index (χ0) is 16.3. The van der Waals surface area contributed by atoms with Gasteiger partial charge in [-0.15, -0.1) is 0 Å². The van der Waals surface area contributed by atoms with E-state index < -0.39 is 0 Å². The summed E-state index contributed by atoms with van der Waals surface area (Å²) >= 11 is 0. The Morgan fingerprint density at radius 2 is 1.29 bits per heavy atom. The highest BCUT2D eigenvalue weighted by atomic mass is 16.2. The molecule has 4 heteroatoms. The fraction of sp³-hybridized carbons (Fsp3) is 0.412. The maximum atomic E-state index is 12.3. The van der Waals surface area contributed by atoms with Crippen molar-refractivity contribution in [2.75, 3.05) is 0 Å². The molecule has 4 nitrogen and oxygen atoms in total. The van der Waals surface area contributed by atoms with Crippen molar-refractivity contribution in [2.45, 2.75) is 47.5 Å². The Kier molecular flexibility index (Phi) is 5.30. The number of aryl methyl sites for hydroxylation is 1. The van der Waals surface area contributed by atoms with Crippen molar-refractivity contribution in [1.29, 1.82) is 0 Å². The molecule has 0 spiro atoms. The summed E-state index contributed by atoms with van der Waals surface area (Å²) in [5.74, 6) is -1.24. The second-order valence-corrected chi connectivity index (χ2v) is 5.47. The van der Waals surface area contributed by atoms with E-state index >= 15 is 0 Å². The molecule has 0 saturated heterocycles. The van der Waals surface area contributed by atoms with Crippen molar-refractivity contribution in [3.05, 3.63) is 33.9 Å². The Labute approximate surface area is 124 Å². The van der Waals surface area contributed by atoms with Gasteiger partial charge in [-0.05, 0) is 57.4 Å². The molecule has 0 amide bonds. The fourth-order valence-electron chi connectivity index (χ4n) is 2.30. The summed E-state index contributed by atoms with van der Waals surface area (Å²) < 4.78 is 0. The van der Waals surface area contributed by atoms with Crippen LogP contribution in [0.2, 0.25) is 0 Å². The van der Waals surface area contributed by atoms with E-state index in [1.54, 1.807) is 13.0 Å². The van der Waals surface area contributed by atoms with Gasteiger partial charge in [0.2, 0.25) is 0 Å². The first kappa shape index (κ1) is 17.0. The number of benzene rings is 1. The quantitative estimate of drug-likeness (QED) is 0.596. The van der Waals surface area contributed by atoms with Gasteiger partial charge in [-0.3, -0.25) is 19.2 Å². The van der Waals surface area contributed by atoms with E-state index in [1.165, 1.54) is 13.8 Å². The molecule has 1 aromatic rings. The molecule has 0 aromatic heterocycles. The summed E-state index contributed by atoms with van der Waals surface area (Å²) in [6, 6.07) is 1.64. The number of rotatable bonds is 6. The molecule has 0 unspecified atom stereocenters. The summed E-state index contributed by atoms with van der Waals surface area (Å²) in [5.41, 5.74) is 3.03. The van der Waals surface area contributed by atoms with Crippen LogP contribution in [-0.4, -0.2) is 23.1 Å². The van der Waals surface area contributed by atoms with Crippen molar-refractivity contribution in [2.24, 2.45) is 0 Å². The molecule has 0 aliphatic heterocycles. The predicted octanol–water partition coefficient (Wildman–Crippen LogP) is 2.94. The van der Waals surface area contributed by atoms with Crippen LogP contribution in [0.25, 0.3) is 0 Å². The van der Waals surface area contributed by atoms with Gasteiger partial charge >= 0.3 is 0 Å². The van der Waals surface area contributed by atoms with E-state index in [1.807, 2.05) is 13.8 Å². The van der Waals surface area contributed by atoms with Crippen LogP contribution in [0.15, 0.2) is 6.07 Å². The summed E-state index contributed by atoms with van der Waals surface area (Å²) in [6.07, 6.45) is -0.466. The van der Waals surface area contributed by atoms with Crippen LogP contribution >= 0.6 is 0 Å². The summed E-state index contributed by atoms with van der Waals surface area (Å²) in [6.45, 7) is 8.16. The van der Waals surface area contributed by atoms with E-state index in [2.05, 4.69) is 0 Å². The first-order chi connectivity index (χ1) is 9.65. The molecule has 0 fully saturated rings. The lowest BCUT2D eigenvalue weighted by Gasteiger charge is -2.15. The molecule has 0 radical (unpaired) electrons. The Bertz CT molecular complexity index is 639. The molecule has 21 heavy (non-hydrogen) atoms. The van der Waals surface area contributed by atoms with Crippen molar-refractivity contribution >= 4 is 23.1 Å². The topological polar surface area (TPSA) is 68.3 Å². The number of hydrogen-bond acceptors (Lipinski definition) is 4. The SMILES string of the molecule is CC(=O)CC(=O)c1cc(C)c(C)c(C)c1C(=O)CC(C)=O. The van der Waals surface area contributed by atoms with Gasteiger partial charge < -0.3 is 0 Å². The average molecular weight is 288 g/mol. The molecule has 1 rings (SSSR count). The Morgan fingerprint density at radius 1 is 0.810 bits per heavy atom. The highest BCUT2D eigenvalue weighted by molar-refractivity contribution is 6.17. The summed E-state index contributed by atoms with van der Waals surface area (Å²) in [7, 11) is 0. The molecule has 1 aromatic carbocycles. The lowest BCUT2D eigenvalue weighted by Crippen LogP contribution is -2.16. The van der Waals surface area contributed by atoms with E-state index in [4.69, 9.17) is 0 Å². The molecule has 0 atom stereocenters. The molecule has 0 saturated carbocycles. The van der Waals surface area contributed by atoms with Crippen LogP contribution < -0.4 is 0 Å². The van der Waals surface area contributed by atoms with Crippen LogP contribution in [0.4, 0.5) is 0 Å². The van der Waals surface area contributed by atoms with Gasteiger partial charge in [-0.2, -0.15) is 0 Å². The van der Waals surface area contributed by atoms with Gasteiger partial charge in [0.05, 0.1) is 12.8 Å². The minimum absolute atomic E-state index is 0.232. The fourth-order valence-corrected chi connectivity index (χ4v) is 2.30. The lowest BCUT2D eigenvalue weighted by atomic mass is 9.87. The van der Waals surface area contributed by atoms with Crippen molar-refractivity contribution < 1.29 is 19.2 Å². The molecular formula is C17H20O4. The van der Waals surface area contributed by atoms with E-state index in [9.17, 15) is 19.2 Å². The smallest absolute Gasteiger partial charge is 0.171 e. The van der Waals surface area contributed by atoms with Crippen LogP contribution in [0, 0.1) is 20.8 Å². The number of ketones is 4. The normalized spacial score (nSPS) is 10.3. The van der Waals surface area contributed by atoms with Crippen molar-refractivity contribution in [3.63, 3.8) is 0 Å². The number of carbonyl (C=O) groups excluding carboxylic acids is 4. The molecular weight excluding hydrogens is 268 g/mol. The average Bonchev–Trinajstić information content (AvgIpc) is 2.33. The van der Waals surface area contributed by atoms with Gasteiger partial charge in [-0.25, -0.2) is 0 Å². The maximum absolute atomic E-state index is 12.3. The van der Waals surface area contributed by atoms with Gasteiger partial charge in [0.25, 0.3) is 0 Å². The maximum Gasteiger partial charge on any atom is 0.171 e. The standard InChI is InChI=1S/C17H20O4/c1-9-6-14(15(20)7-10(2)18)17(13(5)12(9)4)16(21)8-11(3)19/h6H,7-8H2,1-5H3. The lowest BCUT2D eigenvalue weighted by molar-refractivity contribution is -0.117. The minimum Gasteiger partial charge on any atom is -0.300 e. The van der Waals surface area contributed by atoms with Gasteiger partial charge in [-0.1, -0.05) is 0 Å². The van der Waals surface area contributed by atoms with Crippen LogP contribution in [0.5, 0.6) is 0 Å². The van der Waals surface area contributed by atoms with Gasteiger partial charge in [0.15, 0.2) is 11.6 Å². The van der Waals surface area contributed by atoms with Crippen molar-refractivity contribution in [3.8, 4) is 0 Å². The van der Waals surface area contributed by atoms with E-state index in [0.717, 1.165) is 11.1 Å². The third kappa shape index (κ3) is 3.94. The summed E-state index contributed by atoms with van der Waals surface area (Å²) in [5, 5.41) is 0. The largest absolute Gasteiger partial charge is 0.300 e. The molecule has 0 bridgehead atoms. The van der Waals surface area contributed by atoms with Crippen LogP contribution in [-0.2, 0) is 9.59 Å². The first-order valence-electron chi connectivity index (χ1n) is 6.81. The minimum atomic E-state index is -0.374. The van der Waals surface area contributed by atoms with Gasteiger partial charge in [0, 0.05) is 11.1 Å². The van der Waals surface area contributed by atoms with E-state index in [-0.39, 0.29) is 47.1 Å². The zero-order valence-corrected chi connectivity index (χ0v) is 13.1. The molecule has 0 N–H and O–H groups in total. The van der Waals surface area contributed by atoms with Crippen LogP contribution in [0.3, 0.4) is 0 Å². The zero-order valence-electron chi connectivity index (χ0n) is 13.1. The number of Topliss-reactive ketones (excluding diaryl/α,β-unsaturated/α-hetero) is 4. The molecule has 112 valence electrons. The Hall–Kier alpha value is -2.10. The molecule has 0 heterocycles. The second-order valence-electron chi connectivity index (χ2n) is 5.47. The van der Waals surface area contributed by atoms with Crippen LogP contribution in [0.1, 0.15) is 64.1 Å². The molecule has 0 aliphatic rings.